The Morgan fingerprint density at radius 1 is 1.08 bits per heavy atom. The molecule has 0 saturated carbocycles. The lowest BCUT2D eigenvalue weighted by atomic mass is 9.82. The van der Waals surface area contributed by atoms with Crippen molar-refractivity contribution in [3.05, 3.63) is 42.0 Å². The van der Waals surface area contributed by atoms with Gasteiger partial charge in [-0.1, -0.05) is 36.4 Å². The van der Waals surface area contributed by atoms with Crippen LogP contribution in [0.15, 0.2) is 36.4 Å². The van der Waals surface area contributed by atoms with Crippen molar-refractivity contribution in [2.45, 2.75) is 39.6 Å². The number of esters is 3. The SMILES string of the molecule is CC(=O)OC(/C=C/c1ccccc1)C1(C)C(=O)OC(C)(C)OC1=O. The number of ether oxygens (including phenoxy) is 3. The predicted octanol–water partition coefficient (Wildman–Crippen LogP) is 2.47. The first-order valence-corrected chi connectivity index (χ1v) is 7.52. The third-order valence-electron chi connectivity index (χ3n) is 3.65. The van der Waals surface area contributed by atoms with Crippen LogP contribution >= 0.6 is 0 Å². The van der Waals surface area contributed by atoms with Gasteiger partial charge < -0.3 is 14.2 Å². The maximum Gasteiger partial charge on any atom is 0.330 e. The zero-order valence-corrected chi connectivity index (χ0v) is 14.1. The van der Waals surface area contributed by atoms with Gasteiger partial charge in [-0.15, -0.1) is 0 Å². The van der Waals surface area contributed by atoms with E-state index in [1.807, 2.05) is 30.3 Å². The molecular weight excluding hydrogens is 312 g/mol. The molecule has 1 aromatic rings. The average Bonchev–Trinajstić information content (AvgIpc) is 2.49. The second kappa shape index (κ2) is 6.47. The number of carbonyl (C=O) groups excluding carboxylic acids is 3. The van der Waals surface area contributed by atoms with E-state index < -0.39 is 35.2 Å². The number of hydrogen-bond donors (Lipinski definition) is 0. The molecule has 1 aromatic carbocycles. The number of carbonyl (C=O) groups is 3. The number of hydrogen-bond acceptors (Lipinski definition) is 6. The smallest absolute Gasteiger partial charge is 0.330 e. The van der Waals surface area contributed by atoms with Gasteiger partial charge in [0.2, 0.25) is 5.41 Å². The minimum atomic E-state index is -1.77. The van der Waals surface area contributed by atoms with Crippen molar-refractivity contribution in [3.63, 3.8) is 0 Å². The fraction of sp³-hybridized carbons (Fsp3) is 0.389. The molecule has 1 atom stereocenters. The topological polar surface area (TPSA) is 78.9 Å². The van der Waals surface area contributed by atoms with Crippen LogP contribution < -0.4 is 0 Å². The molecule has 0 amide bonds. The van der Waals surface area contributed by atoms with Gasteiger partial charge in [-0.25, -0.2) is 0 Å². The second-order valence-corrected chi connectivity index (χ2v) is 6.18. The molecule has 6 heteroatoms. The monoisotopic (exact) mass is 332 g/mol. The molecule has 1 aliphatic heterocycles. The van der Waals surface area contributed by atoms with E-state index in [0.29, 0.717) is 0 Å². The summed E-state index contributed by atoms with van der Waals surface area (Å²) in [5.41, 5.74) is -0.942. The van der Waals surface area contributed by atoms with Crippen LogP contribution in [0.4, 0.5) is 0 Å². The fourth-order valence-electron chi connectivity index (χ4n) is 2.29. The van der Waals surface area contributed by atoms with E-state index in [9.17, 15) is 14.4 Å². The summed E-state index contributed by atoms with van der Waals surface area (Å²) in [5.74, 6) is -3.57. The number of rotatable bonds is 4. The predicted molar refractivity (Wildman–Crippen MR) is 85.4 cm³/mol. The molecule has 1 unspecified atom stereocenters. The van der Waals surface area contributed by atoms with Gasteiger partial charge in [0.25, 0.3) is 5.79 Å². The third kappa shape index (κ3) is 3.64. The summed E-state index contributed by atoms with van der Waals surface area (Å²) < 4.78 is 15.5. The Morgan fingerprint density at radius 2 is 1.62 bits per heavy atom. The summed E-state index contributed by atoms with van der Waals surface area (Å²) in [6, 6.07) is 9.22. The summed E-state index contributed by atoms with van der Waals surface area (Å²) in [6.07, 6.45) is 2.00. The van der Waals surface area contributed by atoms with Gasteiger partial charge in [-0.3, -0.25) is 14.4 Å². The van der Waals surface area contributed by atoms with Crippen LogP contribution in [-0.4, -0.2) is 29.8 Å². The largest absolute Gasteiger partial charge is 0.456 e. The summed E-state index contributed by atoms with van der Waals surface area (Å²) >= 11 is 0. The van der Waals surface area contributed by atoms with Crippen LogP contribution in [0.5, 0.6) is 0 Å². The maximum absolute atomic E-state index is 12.4. The lowest BCUT2D eigenvalue weighted by Gasteiger charge is -2.40. The zero-order valence-electron chi connectivity index (χ0n) is 14.1. The van der Waals surface area contributed by atoms with Crippen LogP contribution in [0, 0.1) is 5.41 Å². The molecule has 0 aromatic heterocycles. The zero-order chi connectivity index (χ0) is 18.0. The highest BCUT2D eigenvalue weighted by molar-refractivity contribution is 6.02. The molecule has 0 aliphatic carbocycles. The van der Waals surface area contributed by atoms with Gasteiger partial charge in [-0.05, 0) is 18.6 Å². The molecule has 0 bridgehead atoms. The molecule has 128 valence electrons. The summed E-state index contributed by atoms with van der Waals surface area (Å²) in [4.78, 5) is 36.3. The van der Waals surface area contributed by atoms with Crippen molar-refractivity contribution in [2.24, 2.45) is 5.41 Å². The van der Waals surface area contributed by atoms with E-state index in [2.05, 4.69) is 0 Å². The minimum absolute atomic E-state index is 0.621. The normalized spacial score (nSPS) is 20.2. The van der Waals surface area contributed by atoms with Gasteiger partial charge in [0.15, 0.2) is 0 Å². The lowest BCUT2D eigenvalue weighted by molar-refractivity contribution is -0.255. The van der Waals surface area contributed by atoms with Crippen molar-refractivity contribution in [1.29, 1.82) is 0 Å². The lowest BCUT2D eigenvalue weighted by Crippen LogP contribution is -2.57. The van der Waals surface area contributed by atoms with Gasteiger partial charge in [0.1, 0.15) is 6.10 Å². The maximum atomic E-state index is 12.4. The molecule has 2 rings (SSSR count). The fourth-order valence-corrected chi connectivity index (χ4v) is 2.29. The first-order valence-electron chi connectivity index (χ1n) is 7.52. The van der Waals surface area contributed by atoms with E-state index >= 15 is 0 Å². The van der Waals surface area contributed by atoms with Crippen LogP contribution in [-0.2, 0) is 28.6 Å². The van der Waals surface area contributed by atoms with Crippen LogP contribution in [0.1, 0.15) is 33.3 Å². The second-order valence-electron chi connectivity index (χ2n) is 6.18. The quantitative estimate of drug-likeness (QED) is 0.622. The Balaban J connectivity index is 2.36. The molecule has 1 heterocycles. The first-order chi connectivity index (χ1) is 11.1. The van der Waals surface area contributed by atoms with Crippen molar-refractivity contribution < 1.29 is 28.6 Å². The molecule has 0 radical (unpaired) electrons. The Morgan fingerprint density at radius 3 is 2.12 bits per heavy atom. The summed E-state index contributed by atoms with van der Waals surface area (Å²) in [7, 11) is 0. The molecule has 0 spiro atoms. The van der Waals surface area contributed by atoms with E-state index in [4.69, 9.17) is 14.2 Å². The van der Waals surface area contributed by atoms with Crippen LogP contribution in [0.25, 0.3) is 6.08 Å². The third-order valence-corrected chi connectivity index (χ3v) is 3.65. The highest BCUT2D eigenvalue weighted by Gasteiger charge is 2.58. The van der Waals surface area contributed by atoms with Crippen molar-refractivity contribution >= 4 is 24.0 Å². The molecule has 1 fully saturated rings. The van der Waals surface area contributed by atoms with Crippen LogP contribution in [0.3, 0.4) is 0 Å². The van der Waals surface area contributed by atoms with Crippen LogP contribution in [0.2, 0.25) is 0 Å². The van der Waals surface area contributed by atoms with Gasteiger partial charge in [-0.2, -0.15) is 0 Å². The van der Waals surface area contributed by atoms with Crippen molar-refractivity contribution in [3.8, 4) is 0 Å². The molecule has 0 N–H and O–H groups in total. The van der Waals surface area contributed by atoms with Gasteiger partial charge in [0.05, 0.1) is 0 Å². The summed E-state index contributed by atoms with van der Waals surface area (Å²) in [6.45, 7) is 5.47. The number of cyclic esters (lactones) is 2. The summed E-state index contributed by atoms with van der Waals surface area (Å²) in [5, 5.41) is 0. The highest BCUT2D eigenvalue weighted by Crippen LogP contribution is 2.37. The van der Waals surface area contributed by atoms with Crippen molar-refractivity contribution in [1.82, 2.24) is 0 Å². The molecule has 1 saturated heterocycles. The molecule has 1 aliphatic rings. The molecule has 24 heavy (non-hydrogen) atoms. The van der Waals surface area contributed by atoms with E-state index in [-0.39, 0.29) is 0 Å². The molecular formula is C18H20O6. The standard InChI is InChI=1S/C18H20O6/c1-12(19)22-14(11-10-13-8-6-5-7-9-13)18(4)15(20)23-17(2,3)24-16(18)21/h5-11,14H,1-4H3/b11-10+. The first kappa shape index (κ1) is 17.7. The van der Waals surface area contributed by atoms with E-state index in [0.717, 1.165) is 5.56 Å². The Kier molecular flexibility index (Phi) is 4.78. The average molecular weight is 332 g/mol. The van der Waals surface area contributed by atoms with Gasteiger partial charge in [0, 0.05) is 20.8 Å². The van der Waals surface area contributed by atoms with Crippen molar-refractivity contribution in [2.75, 3.05) is 0 Å². The van der Waals surface area contributed by atoms with E-state index in [1.165, 1.54) is 33.8 Å². The number of benzene rings is 1. The molecule has 6 nitrogen and oxygen atoms in total. The Hall–Kier alpha value is -2.63. The van der Waals surface area contributed by atoms with Gasteiger partial charge >= 0.3 is 17.9 Å². The minimum Gasteiger partial charge on any atom is -0.456 e. The Bertz CT molecular complexity index is 654. The van der Waals surface area contributed by atoms with E-state index in [1.54, 1.807) is 6.08 Å². The Labute approximate surface area is 140 Å². The highest BCUT2D eigenvalue weighted by atomic mass is 16.7.